The molecule has 0 aromatic carbocycles. The summed E-state index contributed by atoms with van der Waals surface area (Å²) in [6, 6.07) is 0. The molecular weight excluding hydrogens is 206 g/mol. The zero-order chi connectivity index (χ0) is 12.1. The fourth-order valence-electron chi connectivity index (χ4n) is 1.96. The van der Waals surface area contributed by atoms with E-state index in [-0.39, 0.29) is 24.0 Å². The highest BCUT2D eigenvalue weighted by atomic mass is 16.3. The highest BCUT2D eigenvalue weighted by Crippen LogP contribution is 2.20. The lowest BCUT2D eigenvalue weighted by Gasteiger charge is -2.23. The lowest BCUT2D eigenvalue weighted by atomic mass is 9.87. The minimum absolute atomic E-state index is 0.0371. The van der Waals surface area contributed by atoms with Crippen molar-refractivity contribution < 1.29 is 14.7 Å². The first-order valence-electron chi connectivity index (χ1n) is 5.66. The van der Waals surface area contributed by atoms with Gasteiger partial charge < -0.3 is 10.4 Å². The van der Waals surface area contributed by atoms with Gasteiger partial charge in [-0.3, -0.25) is 9.59 Å². The van der Waals surface area contributed by atoms with Crippen LogP contribution in [-0.2, 0) is 9.59 Å². The summed E-state index contributed by atoms with van der Waals surface area (Å²) < 4.78 is 0. The number of carbonyl (C=O) groups excluding carboxylic acids is 2. The van der Waals surface area contributed by atoms with Gasteiger partial charge in [-0.1, -0.05) is 19.1 Å². The van der Waals surface area contributed by atoms with E-state index in [0.29, 0.717) is 13.0 Å². The normalized spacial score (nSPS) is 26.3. The van der Waals surface area contributed by atoms with Crippen LogP contribution < -0.4 is 5.32 Å². The highest BCUT2D eigenvalue weighted by molar-refractivity contribution is 5.89. The number of carbonyl (C=O) groups is 2. The summed E-state index contributed by atoms with van der Waals surface area (Å²) in [6.07, 6.45) is 3.40. The molecule has 0 aliphatic carbocycles. The van der Waals surface area contributed by atoms with Crippen LogP contribution in [0, 0.1) is 11.8 Å². The van der Waals surface area contributed by atoms with Crippen LogP contribution in [0.25, 0.3) is 0 Å². The van der Waals surface area contributed by atoms with E-state index >= 15 is 0 Å². The Morgan fingerprint density at radius 1 is 1.50 bits per heavy atom. The Hall–Kier alpha value is -1.16. The van der Waals surface area contributed by atoms with Gasteiger partial charge in [-0.15, -0.1) is 0 Å². The van der Waals surface area contributed by atoms with Gasteiger partial charge in [0, 0.05) is 25.3 Å². The summed E-state index contributed by atoms with van der Waals surface area (Å²) in [6.45, 7) is 4.09. The van der Waals surface area contributed by atoms with Crippen LogP contribution in [0.4, 0.5) is 0 Å². The molecule has 1 amide bonds. The quantitative estimate of drug-likeness (QED) is 0.693. The molecule has 1 aliphatic heterocycles. The number of ketones is 1. The van der Waals surface area contributed by atoms with Crippen molar-refractivity contribution in [1.29, 1.82) is 0 Å². The van der Waals surface area contributed by atoms with E-state index in [1.54, 1.807) is 0 Å². The zero-order valence-electron chi connectivity index (χ0n) is 9.77. The standard InChI is InChI=1S/C12H19NO3/c1-3-4-8(2)11(15)10-7-9(14)5-6-13-12(10)16/h3-4,8,10-11,15H,5-7H2,1-2H3,(H,13,16)/b4-3+/t8-,10+,11-/m1/s1. The topological polar surface area (TPSA) is 66.4 Å². The van der Waals surface area contributed by atoms with E-state index in [4.69, 9.17) is 0 Å². The number of amides is 1. The number of nitrogens with one attached hydrogen (secondary N) is 1. The Balaban J connectivity index is 2.74. The first-order valence-corrected chi connectivity index (χ1v) is 5.66. The van der Waals surface area contributed by atoms with Gasteiger partial charge in [0.05, 0.1) is 12.0 Å². The number of allylic oxidation sites excluding steroid dienone is 1. The number of aliphatic hydroxyl groups excluding tert-OH is 1. The van der Waals surface area contributed by atoms with Crippen LogP contribution in [0.3, 0.4) is 0 Å². The van der Waals surface area contributed by atoms with Gasteiger partial charge >= 0.3 is 0 Å². The fraction of sp³-hybridized carbons (Fsp3) is 0.667. The van der Waals surface area contributed by atoms with E-state index in [0.717, 1.165) is 0 Å². The first kappa shape index (κ1) is 12.9. The molecule has 0 unspecified atom stereocenters. The average Bonchev–Trinajstić information content (AvgIpc) is 2.40. The molecule has 1 rings (SSSR count). The molecule has 0 aromatic rings. The molecule has 1 aliphatic rings. The second kappa shape index (κ2) is 5.80. The van der Waals surface area contributed by atoms with Gasteiger partial charge in [0.25, 0.3) is 0 Å². The molecule has 0 aromatic heterocycles. The second-order valence-electron chi connectivity index (χ2n) is 4.27. The largest absolute Gasteiger partial charge is 0.392 e. The monoisotopic (exact) mass is 225 g/mol. The number of hydrogen-bond donors (Lipinski definition) is 2. The van der Waals surface area contributed by atoms with Crippen molar-refractivity contribution in [3.05, 3.63) is 12.2 Å². The average molecular weight is 225 g/mol. The highest BCUT2D eigenvalue weighted by Gasteiger charge is 2.33. The molecule has 2 N–H and O–H groups in total. The molecule has 4 heteroatoms. The van der Waals surface area contributed by atoms with Gasteiger partial charge in [-0.2, -0.15) is 0 Å². The van der Waals surface area contributed by atoms with Crippen molar-refractivity contribution >= 4 is 11.7 Å². The summed E-state index contributed by atoms with van der Waals surface area (Å²) in [5, 5.41) is 12.7. The Bertz CT molecular complexity index is 299. The maximum absolute atomic E-state index is 11.7. The smallest absolute Gasteiger partial charge is 0.226 e. The predicted molar refractivity (Wildman–Crippen MR) is 60.7 cm³/mol. The van der Waals surface area contributed by atoms with Crippen molar-refractivity contribution in [3.8, 4) is 0 Å². The molecule has 0 bridgehead atoms. The van der Waals surface area contributed by atoms with Gasteiger partial charge in [0.1, 0.15) is 5.78 Å². The number of Topliss-reactive ketones (excluding diaryl/α,β-unsaturated/α-hetero) is 1. The van der Waals surface area contributed by atoms with Crippen molar-refractivity contribution in [3.63, 3.8) is 0 Å². The molecule has 1 heterocycles. The van der Waals surface area contributed by atoms with Crippen LogP contribution in [-0.4, -0.2) is 29.4 Å². The molecule has 3 atom stereocenters. The molecule has 0 spiro atoms. The van der Waals surface area contributed by atoms with Gasteiger partial charge in [-0.05, 0) is 6.92 Å². The third-order valence-corrected chi connectivity index (χ3v) is 2.93. The minimum Gasteiger partial charge on any atom is -0.392 e. The van der Waals surface area contributed by atoms with E-state index < -0.39 is 12.0 Å². The second-order valence-corrected chi connectivity index (χ2v) is 4.27. The van der Waals surface area contributed by atoms with E-state index in [9.17, 15) is 14.7 Å². The van der Waals surface area contributed by atoms with E-state index in [2.05, 4.69) is 5.32 Å². The number of aliphatic hydroxyl groups is 1. The van der Waals surface area contributed by atoms with Crippen molar-refractivity contribution in [2.45, 2.75) is 32.8 Å². The number of rotatable bonds is 3. The first-order chi connectivity index (χ1) is 7.56. The molecule has 0 saturated carbocycles. The maximum Gasteiger partial charge on any atom is 0.226 e. The third kappa shape index (κ3) is 3.17. The molecule has 4 nitrogen and oxygen atoms in total. The van der Waals surface area contributed by atoms with Crippen LogP contribution in [0.2, 0.25) is 0 Å². The van der Waals surface area contributed by atoms with Crippen LogP contribution >= 0.6 is 0 Å². The van der Waals surface area contributed by atoms with Gasteiger partial charge in [0.2, 0.25) is 5.91 Å². The van der Waals surface area contributed by atoms with Crippen molar-refractivity contribution in [1.82, 2.24) is 5.32 Å². The molecule has 1 fully saturated rings. The predicted octanol–water partition coefficient (Wildman–Crippen LogP) is 0.655. The molecule has 1 saturated heterocycles. The van der Waals surface area contributed by atoms with E-state index in [1.165, 1.54) is 0 Å². The fourth-order valence-corrected chi connectivity index (χ4v) is 1.96. The van der Waals surface area contributed by atoms with Crippen molar-refractivity contribution in [2.24, 2.45) is 11.8 Å². The van der Waals surface area contributed by atoms with Gasteiger partial charge in [0.15, 0.2) is 0 Å². The zero-order valence-corrected chi connectivity index (χ0v) is 9.77. The van der Waals surface area contributed by atoms with Crippen LogP contribution in [0.5, 0.6) is 0 Å². The molecule has 0 radical (unpaired) electrons. The summed E-state index contributed by atoms with van der Waals surface area (Å²) >= 11 is 0. The third-order valence-electron chi connectivity index (χ3n) is 2.93. The lowest BCUT2D eigenvalue weighted by Crippen LogP contribution is -2.39. The molecule has 90 valence electrons. The summed E-state index contributed by atoms with van der Waals surface area (Å²) in [4.78, 5) is 23.1. The molecule has 16 heavy (non-hydrogen) atoms. The van der Waals surface area contributed by atoms with Crippen molar-refractivity contribution in [2.75, 3.05) is 6.54 Å². The Morgan fingerprint density at radius 3 is 2.81 bits per heavy atom. The Morgan fingerprint density at radius 2 is 2.19 bits per heavy atom. The number of hydrogen-bond acceptors (Lipinski definition) is 3. The summed E-state index contributed by atoms with van der Waals surface area (Å²) in [5.74, 6) is -0.905. The SMILES string of the molecule is C/C=C/[C@@H](C)[C@@H](O)[C@@H]1CC(=O)CCNC1=O. The van der Waals surface area contributed by atoms with Crippen LogP contribution in [0.15, 0.2) is 12.2 Å². The lowest BCUT2D eigenvalue weighted by molar-refractivity contribution is -0.131. The Kier molecular flexibility index (Phi) is 4.68. The van der Waals surface area contributed by atoms with E-state index in [1.807, 2.05) is 26.0 Å². The van der Waals surface area contributed by atoms with Crippen LogP contribution in [0.1, 0.15) is 26.7 Å². The maximum atomic E-state index is 11.7. The Labute approximate surface area is 95.7 Å². The molecular formula is C12H19NO3. The summed E-state index contributed by atoms with van der Waals surface area (Å²) in [7, 11) is 0. The summed E-state index contributed by atoms with van der Waals surface area (Å²) in [5.41, 5.74) is 0. The van der Waals surface area contributed by atoms with Gasteiger partial charge in [-0.25, -0.2) is 0 Å². The minimum atomic E-state index is -0.793.